The maximum atomic E-state index is 5.24. The van der Waals surface area contributed by atoms with E-state index in [2.05, 4.69) is 37.0 Å². The van der Waals surface area contributed by atoms with Gasteiger partial charge >= 0.3 is 0 Å². The van der Waals surface area contributed by atoms with Crippen molar-refractivity contribution in [1.29, 1.82) is 0 Å². The van der Waals surface area contributed by atoms with Crippen LogP contribution in [-0.2, 0) is 0 Å². The van der Waals surface area contributed by atoms with E-state index in [9.17, 15) is 0 Å². The van der Waals surface area contributed by atoms with Gasteiger partial charge in [-0.1, -0.05) is 19.3 Å². The van der Waals surface area contributed by atoms with Crippen LogP contribution in [0.4, 0.5) is 0 Å². The van der Waals surface area contributed by atoms with Gasteiger partial charge in [0, 0.05) is 18.6 Å². The third-order valence-electron chi connectivity index (χ3n) is 4.33. The van der Waals surface area contributed by atoms with Crippen LogP contribution in [0.2, 0.25) is 0 Å². The zero-order valence-electron chi connectivity index (χ0n) is 11.7. The van der Waals surface area contributed by atoms with Crippen molar-refractivity contribution in [3.8, 4) is 12.3 Å². The number of rotatable bonds is 6. The fourth-order valence-electron chi connectivity index (χ4n) is 2.82. The molecule has 0 aliphatic heterocycles. The van der Waals surface area contributed by atoms with Gasteiger partial charge in [0.2, 0.25) is 0 Å². The van der Waals surface area contributed by atoms with Crippen molar-refractivity contribution in [2.75, 3.05) is 20.1 Å². The molecule has 98 valence electrons. The summed E-state index contributed by atoms with van der Waals surface area (Å²) in [4.78, 5) is 2.54. The van der Waals surface area contributed by atoms with Crippen molar-refractivity contribution < 1.29 is 0 Å². The SMILES string of the molecule is C#CCNCC(C)N(C)C1CCC(CC)CC1. The zero-order valence-corrected chi connectivity index (χ0v) is 11.7. The largest absolute Gasteiger partial charge is 0.305 e. The Labute approximate surface area is 107 Å². The lowest BCUT2D eigenvalue weighted by Gasteiger charge is -2.37. The van der Waals surface area contributed by atoms with Crippen LogP contribution in [-0.4, -0.2) is 37.1 Å². The highest BCUT2D eigenvalue weighted by Gasteiger charge is 2.25. The molecule has 2 heteroatoms. The predicted octanol–water partition coefficient (Wildman–Crippen LogP) is 2.50. The van der Waals surface area contributed by atoms with Gasteiger partial charge in [0.15, 0.2) is 0 Å². The van der Waals surface area contributed by atoms with Gasteiger partial charge in [-0.3, -0.25) is 4.90 Å². The molecule has 1 saturated carbocycles. The highest BCUT2D eigenvalue weighted by Crippen LogP contribution is 2.29. The van der Waals surface area contributed by atoms with Crippen LogP contribution in [0.5, 0.6) is 0 Å². The quantitative estimate of drug-likeness (QED) is 0.563. The lowest BCUT2D eigenvalue weighted by molar-refractivity contribution is 0.126. The molecule has 1 aliphatic rings. The molecular weight excluding hydrogens is 208 g/mol. The van der Waals surface area contributed by atoms with Gasteiger partial charge in [0.05, 0.1) is 6.54 Å². The molecule has 0 aromatic heterocycles. The Kier molecular flexibility index (Phi) is 6.62. The van der Waals surface area contributed by atoms with Crippen molar-refractivity contribution >= 4 is 0 Å². The molecule has 1 N–H and O–H groups in total. The van der Waals surface area contributed by atoms with Crippen molar-refractivity contribution in [3.05, 3.63) is 0 Å². The molecule has 1 rings (SSSR count). The maximum absolute atomic E-state index is 5.24. The van der Waals surface area contributed by atoms with Crippen LogP contribution < -0.4 is 5.32 Å². The first-order chi connectivity index (χ1) is 8.19. The van der Waals surface area contributed by atoms with Gasteiger partial charge in [0.1, 0.15) is 0 Å². The third kappa shape index (κ3) is 4.69. The number of nitrogens with one attached hydrogen (secondary N) is 1. The molecule has 0 bridgehead atoms. The minimum Gasteiger partial charge on any atom is -0.305 e. The lowest BCUT2D eigenvalue weighted by Crippen LogP contribution is -2.45. The Balaban J connectivity index is 2.27. The molecule has 17 heavy (non-hydrogen) atoms. The first-order valence-corrected chi connectivity index (χ1v) is 7.05. The lowest BCUT2D eigenvalue weighted by atomic mass is 9.84. The van der Waals surface area contributed by atoms with Crippen LogP contribution in [0.15, 0.2) is 0 Å². The summed E-state index contributed by atoms with van der Waals surface area (Å²) in [5.74, 6) is 3.61. The molecule has 0 aromatic carbocycles. The van der Waals surface area contributed by atoms with E-state index in [-0.39, 0.29) is 0 Å². The second-order valence-corrected chi connectivity index (χ2v) is 5.43. The van der Waals surface area contributed by atoms with Gasteiger partial charge in [-0.2, -0.15) is 0 Å². The molecule has 1 fully saturated rings. The monoisotopic (exact) mass is 236 g/mol. The first-order valence-electron chi connectivity index (χ1n) is 7.05. The summed E-state index contributed by atoms with van der Waals surface area (Å²) < 4.78 is 0. The summed E-state index contributed by atoms with van der Waals surface area (Å²) in [6.07, 6.45) is 12.2. The van der Waals surface area contributed by atoms with Crippen molar-refractivity contribution in [3.63, 3.8) is 0 Å². The molecule has 0 spiro atoms. The van der Waals surface area contributed by atoms with E-state index >= 15 is 0 Å². The number of nitrogens with zero attached hydrogens (tertiary/aromatic N) is 1. The summed E-state index contributed by atoms with van der Waals surface area (Å²) >= 11 is 0. The van der Waals surface area contributed by atoms with Crippen molar-refractivity contribution in [2.24, 2.45) is 5.92 Å². The Bertz CT molecular complexity index is 236. The fraction of sp³-hybridized carbons (Fsp3) is 0.867. The smallest absolute Gasteiger partial charge is 0.0574 e. The van der Waals surface area contributed by atoms with E-state index in [0.29, 0.717) is 12.6 Å². The molecule has 1 unspecified atom stereocenters. The van der Waals surface area contributed by atoms with Gasteiger partial charge in [-0.25, -0.2) is 0 Å². The average molecular weight is 236 g/mol. The molecule has 0 saturated heterocycles. The van der Waals surface area contributed by atoms with Crippen LogP contribution in [0, 0.1) is 18.3 Å². The molecule has 0 radical (unpaired) electrons. The minimum atomic E-state index is 0.575. The Morgan fingerprint density at radius 3 is 2.53 bits per heavy atom. The molecule has 0 heterocycles. The van der Waals surface area contributed by atoms with Crippen molar-refractivity contribution in [2.45, 2.75) is 58.0 Å². The van der Waals surface area contributed by atoms with E-state index < -0.39 is 0 Å². The van der Waals surface area contributed by atoms with E-state index in [1.807, 2.05) is 0 Å². The maximum Gasteiger partial charge on any atom is 0.0574 e. The summed E-state index contributed by atoms with van der Waals surface area (Å²) in [7, 11) is 2.26. The van der Waals surface area contributed by atoms with Gasteiger partial charge in [-0.15, -0.1) is 6.42 Å². The second kappa shape index (κ2) is 7.74. The molecule has 2 nitrogen and oxygen atoms in total. The minimum absolute atomic E-state index is 0.575. The highest BCUT2D eigenvalue weighted by molar-refractivity contribution is 4.87. The predicted molar refractivity (Wildman–Crippen MR) is 75.0 cm³/mol. The Morgan fingerprint density at radius 1 is 1.35 bits per heavy atom. The Morgan fingerprint density at radius 2 is 2.00 bits per heavy atom. The van der Waals surface area contributed by atoms with Crippen LogP contribution >= 0.6 is 0 Å². The van der Waals surface area contributed by atoms with Gasteiger partial charge in [0.25, 0.3) is 0 Å². The van der Waals surface area contributed by atoms with Gasteiger partial charge < -0.3 is 5.32 Å². The number of likely N-dealkylation sites (N-methyl/N-ethyl adjacent to an activating group) is 1. The van der Waals surface area contributed by atoms with E-state index in [4.69, 9.17) is 6.42 Å². The first kappa shape index (κ1) is 14.5. The van der Waals surface area contributed by atoms with E-state index in [0.717, 1.165) is 18.5 Å². The second-order valence-electron chi connectivity index (χ2n) is 5.43. The average Bonchev–Trinajstić information content (AvgIpc) is 2.38. The molecule has 1 atom stereocenters. The van der Waals surface area contributed by atoms with Crippen LogP contribution in [0.25, 0.3) is 0 Å². The molecular formula is C15H28N2. The highest BCUT2D eigenvalue weighted by atomic mass is 15.2. The zero-order chi connectivity index (χ0) is 12.7. The normalized spacial score (nSPS) is 26.8. The summed E-state index contributed by atoms with van der Waals surface area (Å²) in [5.41, 5.74) is 0. The van der Waals surface area contributed by atoms with E-state index in [1.165, 1.54) is 32.1 Å². The topological polar surface area (TPSA) is 15.3 Å². The molecule has 0 amide bonds. The summed E-state index contributed by atoms with van der Waals surface area (Å²) in [6, 6.07) is 1.35. The number of terminal acetylenes is 1. The van der Waals surface area contributed by atoms with Crippen LogP contribution in [0.3, 0.4) is 0 Å². The van der Waals surface area contributed by atoms with Crippen LogP contribution in [0.1, 0.15) is 46.0 Å². The number of hydrogen-bond acceptors (Lipinski definition) is 2. The third-order valence-corrected chi connectivity index (χ3v) is 4.33. The summed E-state index contributed by atoms with van der Waals surface area (Å²) in [5, 5.41) is 3.30. The molecule has 1 aliphatic carbocycles. The van der Waals surface area contributed by atoms with Gasteiger partial charge in [-0.05, 0) is 45.6 Å². The fourth-order valence-corrected chi connectivity index (χ4v) is 2.82. The number of hydrogen-bond donors (Lipinski definition) is 1. The Hall–Kier alpha value is -0.520. The molecule has 0 aromatic rings. The summed E-state index contributed by atoms with van der Waals surface area (Å²) in [6.45, 7) is 6.28. The van der Waals surface area contributed by atoms with Crippen molar-refractivity contribution in [1.82, 2.24) is 10.2 Å². The van der Waals surface area contributed by atoms with E-state index in [1.54, 1.807) is 0 Å². The standard InChI is InChI=1S/C15H28N2/c1-5-11-16-12-13(3)17(4)15-9-7-14(6-2)8-10-15/h1,13-16H,6-12H2,2-4H3.